The number of pyridine rings is 1. The van der Waals surface area contributed by atoms with Gasteiger partial charge in [-0.3, -0.25) is 4.98 Å². The van der Waals surface area contributed by atoms with Crippen molar-refractivity contribution in [1.29, 1.82) is 0 Å². The van der Waals surface area contributed by atoms with E-state index in [2.05, 4.69) is 17.1 Å². The van der Waals surface area contributed by atoms with Gasteiger partial charge in [-0.2, -0.15) is 0 Å². The normalized spacial score (nSPS) is 10.5. The molecule has 3 rings (SSSR count). The number of nitrogens with zero attached hydrogens (tertiary/aromatic N) is 1. The molecule has 0 bridgehead atoms. The van der Waals surface area contributed by atoms with Crippen LogP contribution >= 0.6 is 0 Å². The summed E-state index contributed by atoms with van der Waals surface area (Å²) in [6.45, 7) is 0. The van der Waals surface area contributed by atoms with Crippen molar-refractivity contribution in [1.82, 2.24) is 4.98 Å². The largest absolute Gasteiger partial charge is 0.493 e. The van der Waals surface area contributed by atoms with Crippen LogP contribution in [-0.2, 0) is 0 Å². The van der Waals surface area contributed by atoms with Gasteiger partial charge >= 0.3 is 0 Å². The predicted octanol–water partition coefficient (Wildman–Crippen LogP) is 3.92. The Morgan fingerprint density at radius 1 is 0.900 bits per heavy atom. The molecule has 0 atom stereocenters. The van der Waals surface area contributed by atoms with Gasteiger partial charge < -0.3 is 9.47 Å². The van der Waals surface area contributed by atoms with Crippen LogP contribution in [0.3, 0.4) is 0 Å². The molecule has 1 heterocycles. The third-order valence-electron chi connectivity index (χ3n) is 3.38. The number of hydrogen-bond acceptors (Lipinski definition) is 3. The Kier molecular flexibility index (Phi) is 3.25. The van der Waals surface area contributed by atoms with Crippen LogP contribution in [0.1, 0.15) is 0 Å². The number of aromatic nitrogens is 1. The van der Waals surface area contributed by atoms with Crippen molar-refractivity contribution in [2.45, 2.75) is 0 Å². The summed E-state index contributed by atoms with van der Waals surface area (Å²) >= 11 is 0. The van der Waals surface area contributed by atoms with Crippen molar-refractivity contribution >= 4 is 10.8 Å². The molecule has 3 aromatic rings. The van der Waals surface area contributed by atoms with Gasteiger partial charge in [0.05, 0.1) is 14.2 Å². The fourth-order valence-electron chi connectivity index (χ4n) is 2.38. The van der Waals surface area contributed by atoms with Crippen molar-refractivity contribution in [3.63, 3.8) is 0 Å². The molecule has 0 saturated heterocycles. The van der Waals surface area contributed by atoms with Crippen LogP contribution in [-0.4, -0.2) is 19.2 Å². The van der Waals surface area contributed by atoms with Crippen molar-refractivity contribution in [3.8, 4) is 22.6 Å². The molecule has 0 radical (unpaired) electrons. The average molecular weight is 265 g/mol. The van der Waals surface area contributed by atoms with E-state index >= 15 is 0 Å². The van der Waals surface area contributed by atoms with Crippen LogP contribution in [0.2, 0.25) is 0 Å². The van der Waals surface area contributed by atoms with Crippen LogP contribution in [0.25, 0.3) is 21.9 Å². The smallest absolute Gasteiger partial charge is 0.161 e. The Morgan fingerprint density at radius 2 is 1.75 bits per heavy atom. The highest BCUT2D eigenvalue weighted by Crippen LogP contribution is 2.35. The minimum absolute atomic E-state index is 0.732. The fraction of sp³-hybridized carbons (Fsp3) is 0.118. The molecule has 0 unspecified atom stereocenters. The number of benzene rings is 2. The molecule has 0 saturated carbocycles. The van der Waals surface area contributed by atoms with E-state index in [0.29, 0.717) is 0 Å². The van der Waals surface area contributed by atoms with Crippen molar-refractivity contribution in [3.05, 3.63) is 54.9 Å². The first-order valence-corrected chi connectivity index (χ1v) is 6.38. The summed E-state index contributed by atoms with van der Waals surface area (Å²) in [6.07, 6.45) is 3.69. The summed E-state index contributed by atoms with van der Waals surface area (Å²) in [5, 5.41) is 2.30. The monoisotopic (exact) mass is 265 g/mol. The Labute approximate surface area is 117 Å². The highest BCUT2D eigenvalue weighted by atomic mass is 16.5. The van der Waals surface area contributed by atoms with E-state index in [1.165, 1.54) is 5.39 Å². The molecule has 20 heavy (non-hydrogen) atoms. The number of rotatable bonds is 3. The first kappa shape index (κ1) is 12.5. The third kappa shape index (κ3) is 2.07. The number of ether oxygens (including phenoxy) is 2. The van der Waals surface area contributed by atoms with E-state index in [1.807, 2.05) is 42.7 Å². The van der Waals surface area contributed by atoms with Gasteiger partial charge in [0.1, 0.15) is 0 Å². The van der Waals surface area contributed by atoms with E-state index in [4.69, 9.17) is 9.47 Å². The lowest BCUT2D eigenvalue weighted by Gasteiger charge is -2.11. The molecule has 1 aromatic heterocycles. The molecular weight excluding hydrogens is 250 g/mol. The molecule has 0 aliphatic heterocycles. The van der Waals surface area contributed by atoms with Gasteiger partial charge in [-0.05, 0) is 34.7 Å². The number of methoxy groups -OCH3 is 2. The molecule has 2 aromatic carbocycles. The standard InChI is InChI=1S/C17H15NO2/c1-19-16-7-6-12(10-17(16)20-2)14-5-3-4-13-11-18-9-8-15(13)14/h3-11H,1-2H3. The molecule has 3 nitrogen and oxygen atoms in total. The molecular formula is C17H15NO2. The van der Waals surface area contributed by atoms with Crippen LogP contribution in [0.15, 0.2) is 54.9 Å². The molecule has 0 amide bonds. The van der Waals surface area contributed by atoms with E-state index < -0.39 is 0 Å². The number of hydrogen-bond donors (Lipinski definition) is 0. The summed E-state index contributed by atoms with van der Waals surface area (Å²) in [4.78, 5) is 4.16. The quantitative estimate of drug-likeness (QED) is 0.719. The predicted molar refractivity (Wildman–Crippen MR) is 80.3 cm³/mol. The van der Waals surface area contributed by atoms with Crippen molar-refractivity contribution in [2.75, 3.05) is 14.2 Å². The van der Waals surface area contributed by atoms with Gasteiger partial charge in [0, 0.05) is 17.8 Å². The first-order chi connectivity index (χ1) is 9.83. The fourth-order valence-corrected chi connectivity index (χ4v) is 2.38. The maximum absolute atomic E-state index is 5.37. The second-order valence-electron chi connectivity index (χ2n) is 4.47. The third-order valence-corrected chi connectivity index (χ3v) is 3.38. The summed E-state index contributed by atoms with van der Waals surface area (Å²) < 4.78 is 10.7. The second-order valence-corrected chi connectivity index (χ2v) is 4.47. The molecule has 0 spiro atoms. The van der Waals surface area contributed by atoms with Gasteiger partial charge in [-0.25, -0.2) is 0 Å². The zero-order chi connectivity index (χ0) is 13.9. The lowest BCUT2D eigenvalue weighted by atomic mass is 9.99. The average Bonchev–Trinajstić information content (AvgIpc) is 2.53. The van der Waals surface area contributed by atoms with Gasteiger partial charge in [0.15, 0.2) is 11.5 Å². The highest BCUT2D eigenvalue weighted by Gasteiger charge is 2.08. The topological polar surface area (TPSA) is 31.4 Å². The minimum Gasteiger partial charge on any atom is -0.493 e. The van der Waals surface area contributed by atoms with Crippen molar-refractivity contribution < 1.29 is 9.47 Å². The van der Waals surface area contributed by atoms with Crippen LogP contribution in [0.5, 0.6) is 11.5 Å². The molecule has 0 aliphatic rings. The maximum atomic E-state index is 5.37. The van der Waals surface area contributed by atoms with Crippen LogP contribution in [0, 0.1) is 0 Å². The van der Waals surface area contributed by atoms with Gasteiger partial charge in [0.2, 0.25) is 0 Å². The van der Waals surface area contributed by atoms with E-state index in [0.717, 1.165) is 28.0 Å². The second kappa shape index (κ2) is 5.21. The summed E-state index contributed by atoms with van der Waals surface area (Å²) in [6, 6.07) is 14.2. The zero-order valence-corrected chi connectivity index (χ0v) is 11.5. The summed E-state index contributed by atoms with van der Waals surface area (Å²) in [5.74, 6) is 1.47. The van der Waals surface area contributed by atoms with Gasteiger partial charge in [-0.1, -0.05) is 24.3 Å². The van der Waals surface area contributed by atoms with Crippen LogP contribution < -0.4 is 9.47 Å². The van der Waals surface area contributed by atoms with Gasteiger partial charge in [0.25, 0.3) is 0 Å². The Morgan fingerprint density at radius 3 is 2.55 bits per heavy atom. The molecule has 0 aliphatic carbocycles. The summed E-state index contributed by atoms with van der Waals surface area (Å²) in [5.41, 5.74) is 2.25. The Balaban J connectivity index is 2.21. The lowest BCUT2D eigenvalue weighted by Crippen LogP contribution is -1.91. The van der Waals surface area contributed by atoms with E-state index in [1.54, 1.807) is 14.2 Å². The zero-order valence-electron chi connectivity index (χ0n) is 11.5. The molecule has 0 N–H and O–H groups in total. The minimum atomic E-state index is 0.732. The highest BCUT2D eigenvalue weighted by molar-refractivity contribution is 5.96. The maximum Gasteiger partial charge on any atom is 0.161 e. The molecule has 100 valence electrons. The van der Waals surface area contributed by atoms with Crippen molar-refractivity contribution in [2.24, 2.45) is 0 Å². The van der Waals surface area contributed by atoms with Gasteiger partial charge in [-0.15, -0.1) is 0 Å². The number of fused-ring (bicyclic) bond motifs is 1. The Bertz CT molecular complexity index is 748. The SMILES string of the molecule is COc1ccc(-c2cccc3cnccc23)cc1OC. The molecule has 0 fully saturated rings. The lowest BCUT2D eigenvalue weighted by molar-refractivity contribution is 0.355. The van der Waals surface area contributed by atoms with Crippen LogP contribution in [0.4, 0.5) is 0 Å². The first-order valence-electron chi connectivity index (χ1n) is 6.38. The summed E-state index contributed by atoms with van der Waals surface area (Å²) in [7, 11) is 3.29. The molecule has 3 heteroatoms. The van der Waals surface area contributed by atoms with E-state index in [-0.39, 0.29) is 0 Å². The Hall–Kier alpha value is -2.55. The van der Waals surface area contributed by atoms with E-state index in [9.17, 15) is 0 Å².